The summed E-state index contributed by atoms with van der Waals surface area (Å²) in [5.74, 6) is 0.0797. The second kappa shape index (κ2) is 9.32. The number of hydrogen-bond donors (Lipinski definition) is 1. The molecule has 4 rings (SSSR count). The Morgan fingerprint density at radius 1 is 1.16 bits per heavy atom. The van der Waals surface area contributed by atoms with Gasteiger partial charge in [-0.3, -0.25) is 14.6 Å². The number of ether oxygens (including phenoxy) is 1. The highest BCUT2D eigenvalue weighted by molar-refractivity contribution is 5.95. The fraction of sp³-hybridized carbons (Fsp3) is 0.542. The van der Waals surface area contributed by atoms with Crippen LogP contribution in [0.15, 0.2) is 35.5 Å². The summed E-state index contributed by atoms with van der Waals surface area (Å²) >= 11 is 0. The molecular weight excluding hydrogens is 408 g/mol. The van der Waals surface area contributed by atoms with Gasteiger partial charge in [0.25, 0.3) is 0 Å². The number of benzene rings is 1. The molecule has 1 saturated heterocycles. The Morgan fingerprint density at radius 2 is 1.88 bits per heavy atom. The van der Waals surface area contributed by atoms with E-state index in [-0.39, 0.29) is 24.5 Å². The Morgan fingerprint density at radius 3 is 2.50 bits per heavy atom. The number of rotatable bonds is 6. The SMILES string of the molecule is CCOC(=O)C1=C(CN2CCN(C(=O)C3CC3)CC2)N(C)C(=O)N[C@H]1c1cccc(C)c1. The Hall–Kier alpha value is -2.87. The van der Waals surface area contributed by atoms with E-state index in [9.17, 15) is 14.4 Å². The molecule has 2 fully saturated rings. The first-order valence-corrected chi connectivity index (χ1v) is 11.4. The smallest absolute Gasteiger partial charge is 0.338 e. The van der Waals surface area contributed by atoms with Gasteiger partial charge in [0.1, 0.15) is 0 Å². The molecule has 3 aliphatic rings. The average molecular weight is 441 g/mol. The van der Waals surface area contributed by atoms with Crippen LogP contribution in [0.4, 0.5) is 4.79 Å². The maximum absolute atomic E-state index is 13.1. The minimum Gasteiger partial charge on any atom is -0.463 e. The van der Waals surface area contributed by atoms with Crippen LogP contribution in [0.2, 0.25) is 0 Å². The number of urea groups is 1. The van der Waals surface area contributed by atoms with E-state index in [2.05, 4.69) is 10.2 Å². The highest BCUT2D eigenvalue weighted by atomic mass is 16.5. The van der Waals surface area contributed by atoms with Crippen LogP contribution in [-0.4, -0.2) is 79.0 Å². The van der Waals surface area contributed by atoms with Crippen molar-refractivity contribution in [3.8, 4) is 0 Å². The monoisotopic (exact) mass is 440 g/mol. The number of piperazine rings is 1. The highest BCUT2D eigenvalue weighted by Gasteiger charge is 2.38. The van der Waals surface area contributed by atoms with Gasteiger partial charge < -0.3 is 15.0 Å². The van der Waals surface area contributed by atoms with Crippen molar-refractivity contribution in [2.75, 3.05) is 46.4 Å². The molecule has 1 atom stereocenters. The van der Waals surface area contributed by atoms with Gasteiger partial charge in [0, 0.05) is 51.4 Å². The molecule has 0 aromatic heterocycles. The summed E-state index contributed by atoms with van der Waals surface area (Å²) in [6, 6.07) is 7.00. The maximum atomic E-state index is 13.1. The molecule has 0 spiro atoms. The zero-order valence-corrected chi connectivity index (χ0v) is 19.1. The third kappa shape index (κ3) is 4.65. The first-order valence-electron chi connectivity index (χ1n) is 11.4. The van der Waals surface area contributed by atoms with Gasteiger partial charge in [-0.25, -0.2) is 9.59 Å². The molecule has 2 aliphatic heterocycles. The van der Waals surface area contributed by atoms with Crippen LogP contribution in [-0.2, 0) is 14.3 Å². The molecule has 172 valence electrons. The second-order valence-electron chi connectivity index (χ2n) is 8.81. The molecule has 1 saturated carbocycles. The predicted molar refractivity (Wildman–Crippen MR) is 120 cm³/mol. The number of carbonyl (C=O) groups is 3. The number of nitrogens with one attached hydrogen (secondary N) is 1. The van der Waals surface area contributed by atoms with E-state index >= 15 is 0 Å². The zero-order chi connectivity index (χ0) is 22.8. The summed E-state index contributed by atoms with van der Waals surface area (Å²) < 4.78 is 5.40. The van der Waals surface area contributed by atoms with Crippen molar-refractivity contribution in [3.05, 3.63) is 46.7 Å². The van der Waals surface area contributed by atoms with Gasteiger partial charge in [-0.15, -0.1) is 0 Å². The van der Waals surface area contributed by atoms with Gasteiger partial charge in [0.15, 0.2) is 0 Å². The number of likely N-dealkylation sites (N-methyl/N-ethyl adjacent to an activating group) is 1. The number of nitrogens with zero attached hydrogens (tertiary/aromatic N) is 3. The molecule has 3 amide bonds. The van der Waals surface area contributed by atoms with Crippen molar-refractivity contribution < 1.29 is 19.1 Å². The normalized spacial score (nSPS) is 22.1. The fourth-order valence-electron chi connectivity index (χ4n) is 4.42. The van der Waals surface area contributed by atoms with Crippen LogP contribution < -0.4 is 5.32 Å². The van der Waals surface area contributed by atoms with Gasteiger partial charge in [0.2, 0.25) is 5.91 Å². The van der Waals surface area contributed by atoms with E-state index in [1.54, 1.807) is 14.0 Å². The lowest BCUT2D eigenvalue weighted by molar-refractivity contribution is -0.139. The average Bonchev–Trinajstić information content (AvgIpc) is 3.62. The van der Waals surface area contributed by atoms with E-state index in [1.807, 2.05) is 36.1 Å². The molecule has 8 nitrogen and oxygen atoms in total. The number of esters is 1. The van der Waals surface area contributed by atoms with Crippen LogP contribution in [0, 0.1) is 12.8 Å². The molecule has 32 heavy (non-hydrogen) atoms. The standard InChI is InChI=1S/C24H32N4O4/c1-4-32-23(30)20-19(15-27-10-12-28(13-11-27)22(29)17-8-9-17)26(3)24(31)25-21(20)18-7-5-6-16(2)14-18/h5-7,14,17,21H,4,8-13,15H2,1-3H3,(H,25,31)/t21-/m0/s1. The quantitative estimate of drug-likeness (QED) is 0.685. The first kappa shape index (κ1) is 22.3. The van der Waals surface area contributed by atoms with Crippen LogP contribution in [0.25, 0.3) is 0 Å². The molecular formula is C24H32N4O4. The van der Waals surface area contributed by atoms with Crippen molar-refractivity contribution >= 4 is 17.9 Å². The summed E-state index contributed by atoms with van der Waals surface area (Å²) in [7, 11) is 1.68. The molecule has 0 unspecified atom stereocenters. The van der Waals surface area contributed by atoms with Crippen LogP contribution in [0.3, 0.4) is 0 Å². The van der Waals surface area contributed by atoms with Crippen molar-refractivity contribution in [2.45, 2.75) is 32.7 Å². The summed E-state index contributed by atoms with van der Waals surface area (Å²) in [4.78, 5) is 43.9. The largest absolute Gasteiger partial charge is 0.463 e. The van der Waals surface area contributed by atoms with Crippen LogP contribution in [0.5, 0.6) is 0 Å². The number of amides is 3. The van der Waals surface area contributed by atoms with Crippen molar-refractivity contribution in [1.29, 1.82) is 0 Å². The van der Waals surface area contributed by atoms with Gasteiger partial charge in [-0.05, 0) is 32.3 Å². The summed E-state index contributed by atoms with van der Waals surface area (Å²) in [5.41, 5.74) is 3.03. The van der Waals surface area contributed by atoms with Crippen LogP contribution >= 0.6 is 0 Å². The minimum atomic E-state index is -0.564. The lowest BCUT2D eigenvalue weighted by Gasteiger charge is -2.39. The number of aryl methyl sites for hydroxylation is 1. The molecule has 1 aromatic carbocycles. The summed E-state index contributed by atoms with van der Waals surface area (Å²) in [5, 5.41) is 2.96. The van der Waals surface area contributed by atoms with E-state index in [4.69, 9.17) is 4.74 Å². The molecule has 2 heterocycles. The van der Waals surface area contributed by atoms with Crippen LogP contribution in [0.1, 0.15) is 36.9 Å². The Labute approximate surface area is 189 Å². The number of hydrogen-bond acceptors (Lipinski definition) is 5. The Bertz CT molecular complexity index is 932. The second-order valence-corrected chi connectivity index (χ2v) is 8.81. The van der Waals surface area contributed by atoms with Gasteiger partial charge in [-0.2, -0.15) is 0 Å². The topological polar surface area (TPSA) is 82.2 Å². The first-order chi connectivity index (χ1) is 15.4. The molecule has 1 N–H and O–H groups in total. The molecule has 0 bridgehead atoms. The highest BCUT2D eigenvalue weighted by Crippen LogP contribution is 2.33. The molecule has 8 heteroatoms. The molecule has 0 radical (unpaired) electrons. The molecule has 1 aromatic rings. The fourth-order valence-corrected chi connectivity index (χ4v) is 4.42. The Balaban J connectivity index is 1.60. The van der Waals surface area contributed by atoms with Gasteiger partial charge in [-0.1, -0.05) is 29.8 Å². The van der Waals surface area contributed by atoms with E-state index in [1.165, 1.54) is 4.90 Å². The van der Waals surface area contributed by atoms with Crippen molar-refractivity contribution in [3.63, 3.8) is 0 Å². The third-order valence-electron chi connectivity index (χ3n) is 6.43. The predicted octanol–water partition coefficient (Wildman–Crippen LogP) is 2.06. The van der Waals surface area contributed by atoms with E-state index < -0.39 is 12.0 Å². The third-order valence-corrected chi connectivity index (χ3v) is 6.43. The van der Waals surface area contributed by atoms with Crippen molar-refractivity contribution in [1.82, 2.24) is 20.0 Å². The summed E-state index contributed by atoms with van der Waals surface area (Å²) in [6.45, 7) is 7.24. The van der Waals surface area contributed by atoms with Gasteiger partial charge >= 0.3 is 12.0 Å². The maximum Gasteiger partial charge on any atom is 0.338 e. The lowest BCUT2D eigenvalue weighted by Crippen LogP contribution is -2.53. The van der Waals surface area contributed by atoms with E-state index in [0.717, 1.165) is 24.0 Å². The Kier molecular flexibility index (Phi) is 6.50. The molecule has 1 aliphatic carbocycles. The minimum absolute atomic E-state index is 0.225. The zero-order valence-electron chi connectivity index (χ0n) is 19.1. The van der Waals surface area contributed by atoms with Gasteiger partial charge in [0.05, 0.1) is 18.2 Å². The summed E-state index contributed by atoms with van der Waals surface area (Å²) in [6.07, 6.45) is 2.02. The van der Waals surface area contributed by atoms with Crippen molar-refractivity contribution in [2.24, 2.45) is 5.92 Å². The lowest BCUT2D eigenvalue weighted by atomic mass is 9.93. The number of carbonyl (C=O) groups excluding carboxylic acids is 3. The van der Waals surface area contributed by atoms with E-state index in [0.29, 0.717) is 44.0 Å².